The lowest BCUT2D eigenvalue weighted by Gasteiger charge is -2.19. The first kappa shape index (κ1) is 15.8. The van der Waals surface area contributed by atoms with Gasteiger partial charge in [-0.2, -0.15) is 0 Å². The van der Waals surface area contributed by atoms with Crippen LogP contribution in [0.25, 0.3) is 0 Å². The van der Waals surface area contributed by atoms with Crippen molar-refractivity contribution in [2.24, 2.45) is 0 Å². The molecule has 0 saturated heterocycles. The molecule has 2 aromatic carbocycles. The second-order valence-electron chi connectivity index (χ2n) is 5.83. The van der Waals surface area contributed by atoms with Crippen molar-refractivity contribution in [3.05, 3.63) is 70.8 Å². The molecule has 1 N–H and O–H groups in total. The fourth-order valence-electron chi connectivity index (χ4n) is 2.77. The Morgan fingerprint density at radius 2 is 1.71 bits per heavy atom. The Bertz CT molecular complexity index is 545. The Hall–Kier alpha value is -1.60. The molecule has 0 aliphatic carbocycles. The van der Waals surface area contributed by atoms with Gasteiger partial charge in [0.2, 0.25) is 0 Å². The van der Waals surface area contributed by atoms with E-state index in [1.807, 2.05) is 0 Å². The van der Waals surface area contributed by atoms with E-state index >= 15 is 0 Å². The molecule has 1 heteroatoms. The average Bonchev–Trinajstić information content (AvgIpc) is 2.50. The maximum atomic E-state index is 3.63. The summed E-state index contributed by atoms with van der Waals surface area (Å²) in [6.45, 7) is 7.58. The van der Waals surface area contributed by atoms with Gasteiger partial charge in [-0.1, -0.05) is 55.5 Å². The van der Waals surface area contributed by atoms with Crippen molar-refractivity contribution < 1.29 is 0 Å². The fraction of sp³-hybridized carbons (Fsp3) is 0.400. The molecule has 0 aliphatic heterocycles. The maximum absolute atomic E-state index is 3.63. The Morgan fingerprint density at radius 1 is 0.952 bits per heavy atom. The van der Waals surface area contributed by atoms with Crippen molar-refractivity contribution in [1.29, 1.82) is 0 Å². The highest BCUT2D eigenvalue weighted by atomic mass is 14.9. The monoisotopic (exact) mass is 281 g/mol. The highest BCUT2D eigenvalue weighted by Crippen LogP contribution is 2.22. The van der Waals surface area contributed by atoms with Crippen LogP contribution in [0.1, 0.15) is 48.1 Å². The lowest BCUT2D eigenvalue weighted by Crippen LogP contribution is -2.21. The van der Waals surface area contributed by atoms with Gasteiger partial charge in [0, 0.05) is 6.04 Å². The second kappa shape index (κ2) is 7.99. The molecule has 0 bridgehead atoms. The van der Waals surface area contributed by atoms with E-state index in [0.717, 1.165) is 13.0 Å². The van der Waals surface area contributed by atoms with E-state index in [9.17, 15) is 0 Å². The summed E-state index contributed by atoms with van der Waals surface area (Å²) in [6, 6.07) is 18.1. The Kier molecular flexibility index (Phi) is 6.01. The molecular weight excluding hydrogens is 254 g/mol. The minimum atomic E-state index is 0.470. The molecule has 0 amide bonds. The molecule has 1 nitrogen and oxygen atoms in total. The highest BCUT2D eigenvalue weighted by Gasteiger charge is 2.10. The van der Waals surface area contributed by atoms with E-state index in [1.165, 1.54) is 35.1 Å². The Morgan fingerprint density at radius 3 is 2.38 bits per heavy atom. The molecule has 0 heterocycles. The number of nitrogens with one attached hydrogen (secondary N) is 1. The van der Waals surface area contributed by atoms with Crippen molar-refractivity contribution in [1.82, 2.24) is 5.32 Å². The van der Waals surface area contributed by atoms with E-state index in [2.05, 4.69) is 74.6 Å². The van der Waals surface area contributed by atoms with E-state index < -0.39 is 0 Å². The topological polar surface area (TPSA) is 12.0 Å². The van der Waals surface area contributed by atoms with Crippen LogP contribution in [0, 0.1) is 13.8 Å². The van der Waals surface area contributed by atoms with Gasteiger partial charge in [0.15, 0.2) is 0 Å². The van der Waals surface area contributed by atoms with Crippen LogP contribution in [-0.2, 0) is 6.42 Å². The van der Waals surface area contributed by atoms with Gasteiger partial charge in [0.25, 0.3) is 0 Å². The SMILES string of the molecule is CCNC(CCCc1ccccc1)c1ccc(C)c(C)c1. The number of aryl methyl sites for hydroxylation is 3. The molecule has 21 heavy (non-hydrogen) atoms. The lowest BCUT2D eigenvalue weighted by molar-refractivity contribution is 0.498. The van der Waals surface area contributed by atoms with E-state index in [1.54, 1.807) is 0 Å². The second-order valence-corrected chi connectivity index (χ2v) is 5.83. The van der Waals surface area contributed by atoms with Gasteiger partial charge in [-0.25, -0.2) is 0 Å². The predicted molar refractivity (Wildman–Crippen MR) is 91.7 cm³/mol. The van der Waals surface area contributed by atoms with Crippen LogP contribution < -0.4 is 5.32 Å². The number of rotatable bonds is 7. The summed E-state index contributed by atoms with van der Waals surface area (Å²) in [5, 5.41) is 3.63. The number of hydrogen-bond donors (Lipinski definition) is 1. The van der Waals surface area contributed by atoms with Crippen LogP contribution in [0.2, 0.25) is 0 Å². The normalized spacial score (nSPS) is 12.3. The molecule has 1 unspecified atom stereocenters. The zero-order valence-electron chi connectivity index (χ0n) is 13.5. The average molecular weight is 281 g/mol. The Balaban J connectivity index is 1.97. The molecule has 0 radical (unpaired) electrons. The van der Waals surface area contributed by atoms with Gasteiger partial charge in [-0.05, 0) is 61.9 Å². The van der Waals surface area contributed by atoms with Crippen LogP contribution in [0.4, 0.5) is 0 Å². The lowest BCUT2D eigenvalue weighted by atomic mass is 9.96. The Labute approximate surface area is 129 Å². The summed E-state index contributed by atoms with van der Waals surface area (Å²) in [6.07, 6.45) is 3.56. The first-order valence-corrected chi connectivity index (χ1v) is 8.05. The summed E-state index contributed by atoms with van der Waals surface area (Å²) < 4.78 is 0. The molecule has 2 rings (SSSR count). The minimum absolute atomic E-state index is 0.470. The van der Waals surface area contributed by atoms with Crippen LogP contribution in [0.15, 0.2) is 48.5 Å². The summed E-state index contributed by atoms with van der Waals surface area (Å²) >= 11 is 0. The molecule has 0 aliphatic rings. The van der Waals surface area contributed by atoms with Crippen molar-refractivity contribution in [2.75, 3.05) is 6.54 Å². The molecule has 2 aromatic rings. The summed E-state index contributed by atoms with van der Waals surface area (Å²) in [5.41, 5.74) is 5.62. The fourth-order valence-corrected chi connectivity index (χ4v) is 2.77. The van der Waals surface area contributed by atoms with Gasteiger partial charge < -0.3 is 5.32 Å². The summed E-state index contributed by atoms with van der Waals surface area (Å²) in [7, 11) is 0. The van der Waals surface area contributed by atoms with Crippen molar-refractivity contribution in [3.8, 4) is 0 Å². The standard InChI is InChI=1S/C20H27N/c1-4-21-20(19-14-13-16(2)17(3)15-19)12-8-11-18-9-6-5-7-10-18/h5-7,9-10,13-15,20-21H,4,8,11-12H2,1-3H3. The van der Waals surface area contributed by atoms with Crippen molar-refractivity contribution in [3.63, 3.8) is 0 Å². The molecule has 0 spiro atoms. The first-order valence-electron chi connectivity index (χ1n) is 8.05. The quantitative estimate of drug-likeness (QED) is 0.755. The van der Waals surface area contributed by atoms with Gasteiger partial charge in [-0.15, -0.1) is 0 Å². The predicted octanol–water partition coefficient (Wildman–Crippen LogP) is 4.98. The third kappa shape index (κ3) is 4.71. The van der Waals surface area contributed by atoms with Crippen LogP contribution in [-0.4, -0.2) is 6.54 Å². The molecule has 0 saturated carbocycles. The van der Waals surface area contributed by atoms with E-state index in [0.29, 0.717) is 6.04 Å². The van der Waals surface area contributed by atoms with Crippen LogP contribution in [0.5, 0.6) is 0 Å². The van der Waals surface area contributed by atoms with Crippen LogP contribution >= 0.6 is 0 Å². The summed E-state index contributed by atoms with van der Waals surface area (Å²) in [4.78, 5) is 0. The number of benzene rings is 2. The minimum Gasteiger partial charge on any atom is -0.310 e. The zero-order chi connectivity index (χ0) is 15.1. The van der Waals surface area contributed by atoms with Crippen molar-refractivity contribution in [2.45, 2.75) is 46.1 Å². The maximum Gasteiger partial charge on any atom is 0.0320 e. The van der Waals surface area contributed by atoms with Gasteiger partial charge in [-0.3, -0.25) is 0 Å². The van der Waals surface area contributed by atoms with Gasteiger partial charge >= 0.3 is 0 Å². The van der Waals surface area contributed by atoms with Gasteiger partial charge in [0.05, 0.1) is 0 Å². The molecular formula is C20H27N. The smallest absolute Gasteiger partial charge is 0.0320 e. The van der Waals surface area contributed by atoms with Crippen LogP contribution in [0.3, 0.4) is 0 Å². The third-order valence-electron chi connectivity index (χ3n) is 4.18. The molecule has 0 aromatic heterocycles. The highest BCUT2D eigenvalue weighted by molar-refractivity contribution is 5.31. The zero-order valence-corrected chi connectivity index (χ0v) is 13.5. The summed E-state index contributed by atoms with van der Waals surface area (Å²) in [5.74, 6) is 0. The first-order chi connectivity index (χ1) is 10.2. The molecule has 0 fully saturated rings. The van der Waals surface area contributed by atoms with Crippen molar-refractivity contribution >= 4 is 0 Å². The molecule has 1 atom stereocenters. The molecule has 112 valence electrons. The van der Waals surface area contributed by atoms with Gasteiger partial charge in [0.1, 0.15) is 0 Å². The third-order valence-corrected chi connectivity index (χ3v) is 4.18. The van der Waals surface area contributed by atoms with E-state index in [-0.39, 0.29) is 0 Å². The largest absolute Gasteiger partial charge is 0.310 e. The number of hydrogen-bond acceptors (Lipinski definition) is 1. The van der Waals surface area contributed by atoms with E-state index in [4.69, 9.17) is 0 Å².